The number of rotatable bonds is 7. The maximum absolute atomic E-state index is 14.3. The third kappa shape index (κ3) is 7.18. The van der Waals surface area contributed by atoms with Crippen LogP contribution in [0, 0.1) is 11.2 Å². The van der Waals surface area contributed by atoms with Crippen molar-refractivity contribution in [1.29, 1.82) is 0 Å². The molecule has 1 saturated carbocycles. The van der Waals surface area contributed by atoms with E-state index in [1.54, 1.807) is 6.92 Å². The minimum absolute atomic E-state index is 0.0142. The Bertz CT molecular complexity index is 1220. The van der Waals surface area contributed by atoms with Crippen LogP contribution in [0.25, 0.3) is 0 Å². The zero-order chi connectivity index (χ0) is 26.9. The van der Waals surface area contributed by atoms with Gasteiger partial charge >= 0.3 is 6.18 Å². The molecule has 198 valence electrons. The SMILES string of the molecule is CC(C(=O)NCc1ccc(C(F)(F)F)nc1C1CCC(C)(C)CC1)c1ccc(NS(C)(=O)=O)c(F)c1. The van der Waals surface area contributed by atoms with Gasteiger partial charge in [0.25, 0.3) is 0 Å². The number of amides is 1. The van der Waals surface area contributed by atoms with Gasteiger partial charge in [0.15, 0.2) is 0 Å². The number of nitrogens with one attached hydrogen (secondary N) is 2. The van der Waals surface area contributed by atoms with Crippen LogP contribution >= 0.6 is 0 Å². The molecule has 0 saturated heterocycles. The van der Waals surface area contributed by atoms with Gasteiger partial charge in [-0.25, -0.2) is 17.8 Å². The van der Waals surface area contributed by atoms with Gasteiger partial charge in [-0.15, -0.1) is 0 Å². The molecule has 1 heterocycles. The molecule has 0 radical (unpaired) electrons. The Balaban J connectivity index is 1.76. The number of hydrogen-bond donors (Lipinski definition) is 2. The van der Waals surface area contributed by atoms with E-state index in [2.05, 4.69) is 28.9 Å². The molecule has 3 rings (SSSR count). The number of sulfonamides is 1. The topological polar surface area (TPSA) is 88.2 Å². The van der Waals surface area contributed by atoms with E-state index in [0.29, 0.717) is 29.7 Å². The van der Waals surface area contributed by atoms with E-state index >= 15 is 0 Å². The molecule has 0 spiro atoms. The molecule has 0 bridgehead atoms. The lowest BCUT2D eigenvalue weighted by molar-refractivity contribution is -0.141. The Labute approximate surface area is 208 Å². The number of benzene rings is 1. The maximum atomic E-state index is 14.3. The summed E-state index contributed by atoms with van der Waals surface area (Å²) in [6.45, 7) is 5.82. The molecule has 2 aromatic rings. The lowest BCUT2D eigenvalue weighted by atomic mass is 9.71. The minimum Gasteiger partial charge on any atom is -0.351 e. The molecule has 1 amide bonds. The summed E-state index contributed by atoms with van der Waals surface area (Å²) in [6, 6.07) is 6.03. The van der Waals surface area contributed by atoms with E-state index in [1.807, 2.05) is 0 Å². The summed E-state index contributed by atoms with van der Waals surface area (Å²) in [6.07, 6.45) is -0.504. The smallest absolute Gasteiger partial charge is 0.351 e. The summed E-state index contributed by atoms with van der Waals surface area (Å²) < 4.78 is 79.1. The normalized spacial score (nSPS) is 17.4. The quantitative estimate of drug-likeness (QED) is 0.450. The molecule has 1 aliphatic rings. The van der Waals surface area contributed by atoms with Gasteiger partial charge in [0.05, 0.1) is 17.9 Å². The number of carbonyl (C=O) groups is 1. The molecular formula is C25H31F4N3O3S. The molecule has 6 nitrogen and oxygen atoms in total. The summed E-state index contributed by atoms with van der Waals surface area (Å²) in [4.78, 5) is 16.8. The van der Waals surface area contributed by atoms with Gasteiger partial charge in [0.1, 0.15) is 11.5 Å². The Hall–Kier alpha value is -2.69. The van der Waals surface area contributed by atoms with E-state index < -0.39 is 39.5 Å². The summed E-state index contributed by atoms with van der Waals surface area (Å²) >= 11 is 0. The van der Waals surface area contributed by atoms with Crippen LogP contribution in [0.2, 0.25) is 0 Å². The fourth-order valence-corrected chi connectivity index (χ4v) is 4.97. The predicted molar refractivity (Wildman–Crippen MR) is 129 cm³/mol. The molecule has 1 unspecified atom stereocenters. The van der Waals surface area contributed by atoms with Crippen LogP contribution < -0.4 is 10.0 Å². The first-order valence-corrected chi connectivity index (χ1v) is 13.6. The fraction of sp³-hybridized carbons (Fsp3) is 0.520. The second-order valence-corrected chi connectivity index (χ2v) is 12.0. The number of aromatic nitrogens is 1. The Morgan fingerprint density at radius 2 is 1.81 bits per heavy atom. The summed E-state index contributed by atoms with van der Waals surface area (Å²) in [5.74, 6) is -2.19. The first kappa shape index (κ1) is 27.9. The third-order valence-corrected chi connectivity index (χ3v) is 7.25. The lowest BCUT2D eigenvalue weighted by Crippen LogP contribution is -2.29. The predicted octanol–water partition coefficient (Wildman–Crippen LogP) is 5.71. The number of nitrogens with zero attached hydrogens (tertiary/aromatic N) is 1. The van der Waals surface area contributed by atoms with Crippen LogP contribution in [0.1, 0.15) is 80.8 Å². The van der Waals surface area contributed by atoms with Crippen molar-refractivity contribution >= 4 is 21.6 Å². The number of halogens is 4. The van der Waals surface area contributed by atoms with Crippen molar-refractivity contribution in [2.45, 2.75) is 71.0 Å². The zero-order valence-corrected chi connectivity index (χ0v) is 21.5. The third-order valence-electron chi connectivity index (χ3n) is 6.66. The number of hydrogen-bond acceptors (Lipinski definition) is 4. The van der Waals surface area contributed by atoms with Crippen LogP contribution in [-0.4, -0.2) is 25.6 Å². The molecule has 1 aromatic carbocycles. The molecule has 2 N–H and O–H groups in total. The second-order valence-electron chi connectivity index (χ2n) is 10.2. The Kier molecular flexibility index (Phi) is 8.02. The summed E-state index contributed by atoms with van der Waals surface area (Å²) in [5.41, 5.74) is 0.143. The largest absolute Gasteiger partial charge is 0.433 e. The number of anilines is 1. The summed E-state index contributed by atoms with van der Waals surface area (Å²) in [7, 11) is -3.67. The van der Waals surface area contributed by atoms with E-state index in [4.69, 9.17) is 0 Å². The standard InChI is InChI=1S/C25H31F4N3O3S/c1-15(17-5-7-20(19(26)13-17)32-36(4,34)35)23(33)30-14-18-6-8-21(25(27,28)29)31-22(18)16-9-11-24(2,3)12-10-16/h5-8,13,15-16,32H,9-12,14H2,1-4H3,(H,30,33). The van der Waals surface area contributed by atoms with E-state index in [-0.39, 0.29) is 23.6 Å². The summed E-state index contributed by atoms with van der Waals surface area (Å²) in [5, 5.41) is 2.73. The lowest BCUT2D eigenvalue weighted by Gasteiger charge is -2.35. The maximum Gasteiger partial charge on any atom is 0.433 e. The molecule has 11 heteroatoms. The molecule has 1 atom stereocenters. The molecule has 0 aliphatic heterocycles. The monoisotopic (exact) mass is 529 g/mol. The average Bonchev–Trinajstić information content (AvgIpc) is 2.77. The van der Waals surface area contributed by atoms with Gasteiger partial charge in [-0.05, 0) is 67.3 Å². The van der Waals surface area contributed by atoms with Gasteiger partial charge in [0.2, 0.25) is 15.9 Å². The first-order valence-electron chi connectivity index (χ1n) is 11.7. The van der Waals surface area contributed by atoms with Gasteiger partial charge in [0, 0.05) is 18.2 Å². The molecule has 1 aromatic heterocycles. The van der Waals surface area contributed by atoms with Crippen LogP contribution in [0.15, 0.2) is 30.3 Å². The van der Waals surface area contributed by atoms with Crippen molar-refractivity contribution in [2.24, 2.45) is 5.41 Å². The molecule has 36 heavy (non-hydrogen) atoms. The molecule has 1 fully saturated rings. The van der Waals surface area contributed by atoms with Crippen molar-refractivity contribution in [3.05, 3.63) is 58.7 Å². The van der Waals surface area contributed by atoms with E-state index in [0.717, 1.165) is 31.2 Å². The minimum atomic E-state index is -4.57. The van der Waals surface area contributed by atoms with Gasteiger partial charge in [-0.2, -0.15) is 13.2 Å². The first-order chi connectivity index (χ1) is 16.6. The van der Waals surface area contributed by atoms with Gasteiger partial charge in [-0.3, -0.25) is 9.52 Å². The van der Waals surface area contributed by atoms with Crippen LogP contribution in [0.4, 0.5) is 23.2 Å². The van der Waals surface area contributed by atoms with Crippen LogP contribution in [-0.2, 0) is 27.5 Å². The average molecular weight is 530 g/mol. The highest BCUT2D eigenvalue weighted by atomic mass is 32.2. The fourth-order valence-electron chi connectivity index (χ4n) is 4.41. The van der Waals surface area contributed by atoms with Crippen LogP contribution in [0.3, 0.4) is 0 Å². The Morgan fingerprint density at radius 1 is 1.17 bits per heavy atom. The second kappa shape index (κ2) is 10.4. The Morgan fingerprint density at radius 3 is 2.36 bits per heavy atom. The van der Waals surface area contributed by atoms with Gasteiger partial charge < -0.3 is 5.32 Å². The highest BCUT2D eigenvalue weighted by molar-refractivity contribution is 7.92. The van der Waals surface area contributed by atoms with Crippen molar-refractivity contribution in [3.63, 3.8) is 0 Å². The van der Waals surface area contributed by atoms with Crippen molar-refractivity contribution < 1.29 is 30.8 Å². The van der Waals surface area contributed by atoms with Crippen molar-refractivity contribution in [1.82, 2.24) is 10.3 Å². The highest BCUT2D eigenvalue weighted by Gasteiger charge is 2.35. The number of alkyl halides is 3. The van der Waals surface area contributed by atoms with Crippen molar-refractivity contribution in [2.75, 3.05) is 11.0 Å². The zero-order valence-electron chi connectivity index (χ0n) is 20.7. The highest BCUT2D eigenvalue weighted by Crippen LogP contribution is 2.43. The molecule has 1 aliphatic carbocycles. The van der Waals surface area contributed by atoms with E-state index in [1.165, 1.54) is 18.2 Å². The van der Waals surface area contributed by atoms with E-state index in [9.17, 15) is 30.8 Å². The van der Waals surface area contributed by atoms with Crippen LogP contribution in [0.5, 0.6) is 0 Å². The number of pyridine rings is 1. The van der Waals surface area contributed by atoms with Gasteiger partial charge in [-0.1, -0.05) is 26.0 Å². The number of carbonyl (C=O) groups excluding carboxylic acids is 1. The van der Waals surface area contributed by atoms with Crippen molar-refractivity contribution in [3.8, 4) is 0 Å². The molecular weight excluding hydrogens is 498 g/mol.